The molecule has 0 saturated carbocycles. The lowest BCUT2D eigenvalue weighted by molar-refractivity contribution is -0.120. The maximum Gasteiger partial charge on any atom is 0.234 e. The highest BCUT2D eigenvalue weighted by atomic mass is 32.1. The summed E-state index contributed by atoms with van der Waals surface area (Å²) in [5, 5.41) is 5.93. The molecule has 0 unspecified atom stereocenters. The van der Waals surface area contributed by atoms with Crippen molar-refractivity contribution >= 4 is 22.9 Å². The van der Waals surface area contributed by atoms with Crippen molar-refractivity contribution in [2.45, 2.75) is 19.3 Å². The molecular weight excluding hydrogens is 304 g/mol. The van der Waals surface area contributed by atoms with Crippen molar-refractivity contribution in [3.8, 4) is 10.6 Å². The summed E-state index contributed by atoms with van der Waals surface area (Å²) in [4.78, 5) is 16.9. The predicted molar refractivity (Wildman–Crippen MR) is 95.6 cm³/mol. The first-order chi connectivity index (χ1) is 11.1. The van der Waals surface area contributed by atoms with Crippen LogP contribution in [0.15, 0.2) is 66.2 Å². The quantitative estimate of drug-likeness (QED) is 0.754. The van der Waals surface area contributed by atoms with Crippen LogP contribution in [0.5, 0.6) is 0 Å². The van der Waals surface area contributed by atoms with Gasteiger partial charge in [-0.1, -0.05) is 30.3 Å². The molecule has 0 bridgehead atoms. The fraction of sp³-hybridized carbons (Fsp3) is 0.158. The van der Waals surface area contributed by atoms with Gasteiger partial charge in [0, 0.05) is 22.8 Å². The van der Waals surface area contributed by atoms with Crippen LogP contribution < -0.4 is 5.32 Å². The van der Waals surface area contributed by atoms with Crippen LogP contribution in [0.2, 0.25) is 0 Å². The van der Waals surface area contributed by atoms with Crippen LogP contribution in [0.3, 0.4) is 0 Å². The molecule has 0 atom stereocenters. The topological polar surface area (TPSA) is 42.0 Å². The largest absolute Gasteiger partial charge is 0.325 e. The molecule has 0 aliphatic heterocycles. The van der Waals surface area contributed by atoms with E-state index >= 15 is 0 Å². The summed E-state index contributed by atoms with van der Waals surface area (Å²) in [6, 6.07) is 17.6. The van der Waals surface area contributed by atoms with Crippen LogP contribution in [0.25, 0.3) is 10.6 Å². The number of carbonyl (C=O) groups is 1. The lowest BCUT2D eigenvalue weighted by Crippen LogP contribution is -2.34. The van der Waals surface area contributed by atoms with Crippen LogP contribution >= 0.6 is 11.3 Å². The van der Waals surface area contributed by atoms with Crippen LogP contribution in [-0.4, -0.2) is 10.9 Å². The fourth-order valence-corrected chi connectivity index (χ4v) is 2.98. The van der Waals surface area contributed by atoms with Crippen LogP contribution in [-0.2, 0) is 10.2 Å². The van der Waals surface area contributed by atoms with Crippen molar-refractivity contribution in [1.82, 2.24) is 4.98 Å². The standard InChI is InChI=1S/C19H18N2OS/c1-19(2,15-6-4-3-5-7-15)18(22)21-16-10-8-14(9-11-16)17-20-12-13-23-17/h3-13H,1-2H3,(H,21,22). The Bertz CT molecular complexity index is 778. The summed E-state index contributed by atoms with van der Waals surface area (Å²) in [5.74, 6) is -0.0225. The minimum absolute atomic E-state index is 0.0225. The predicted octanol–water partition coefficient (Wildman–Crippen LogP) is 4.73. The molecule has 3 nitrogen and oxygen atoms in total. The van der Waals surface area contributed by atoms with Gasteiger partial charge in [-0.15, -0.1) is 11.3 Å². The van der Waals surface area contributed by atoms with Gasteiger partial charge in [0.05, 0.1) is 5.41 Å². The number of nitrogens with one attached hydrogen (secondary N) is 1. The summed E-state index contributed by atoms with van der Waals surface area (Å²) < 4.78 is 0. The van der Waals surface area contributed by atoms with E-state index in [1.165, 1.54) is 0 Å². The molecule has 2 aromatic carbocycles. The number of amides is 1. The molecule has 0 aliphatic carbocycles. The zero-order chi connectivity index (χ0) is 16.3. The molecule has 3 rings (SSSR count). The Morgan fingerprint density at radius 2 is 1.74 bits per heavy atom. The molecule has 23 heavy (non-hydrogen) atoms. The van der Waals surface area contributed by atoms with E-state index in [1.54, 1.807) is 17.5 Å². The zero-order valence-corrected chi connectivity index (χ0v) is 13.9. The van der Waals surface area contributed by atoms with Gasteiger partial charge >= 0.3 is 0 Å². The Morgan fingerprint density at radius 3 is 2.35 bits per heavy atom. The van der Waals surface area contributed by atoms with E-state index in [0.29, 0.717) is 0 Å². The highest BCUT2D eigenvalue weighted by Crippen LogP contribution is 2.26. The van der Waals surface area contributed by atoms with E-state index in [-0.39, 0.29) is 5.91 Å². The normalized spacial score (nSPS) is 11.2. The number of aromatic nitrogens is 1. The van der Waals surface area contributed by atoms with Crippen molar-refractivity contribution < 1.29 is 4.79 Å². The molecule has 1 amide bonds. The fourth-order valence-electron chi connectivity index (χ4n) is 2.34. The molecule has 4 heteroatoms. The second-order valence-electron chi connectivity index (χ2n) is 5.86. The van der Waals surface area contributed by atoms with Gasteiger partial charge < -0.3 is 5.32 Å². The first kappa shape index (κ1) is 15.4. The van der Waals surface area contributed by atoms with Gasteiger partial charge in [-0.05, 0) is 43.7 Å². The minimum Gasteiger partial charge on any atom is -0.325 e. The van der Waals surface area contributed by atoms with Crippen molar-refractivity contribution in [3.05, 3.63) is 71.7 Å². The third-order valence-electron chi connectivity index (χ3n) is 3.89. The smallest absolute Gasteiger partial charge is 0.234 e. The maximum atomic E-state index is 12.6. The SMILES string of the molecule is CC(C)(C(=O)Nc1ccc(-c2nccs2)cc1)c1ccccc1. The molecule has 0 spiro atoms. The number of carbonyl (C=O) groups excluding carboxylic acids is 1. The first-order valence-corrected chi connectivity index (χ1v) is 8.32. The Labute approximate surface area is 140 Å². The molecular formula is C19H18N2OS. The first-order valence-electron chi connectivity index (χ1n) is 7.44. The summed E-state index contributed by atoms with van der Waals surface area (Å²) in [6.45, 7) is 3.86. The van der Waals surface area contributed by atoms with Crippen LogP contribution in [0.1, 0.15) is 19.4 Å². The van der Waals surface area contributed by atoms with E-state index in [1.807, 2.05) is 73.8 Å². The molecule has 0 radical (unpaired) electrons. The second-order valence-corrected chi connectivity index (χ2v) is 6.75. The summed E-state index contributed by atoms with van der Waals surface area (Å²) in [6.07, 6.45) is 1.79. The number of benzene rings is 2. The third kappa shape index (κ3) is 3.32. The molecule has 0 saturated heterocycles. The average molecular weight is 322 g/mol. The Hall–Kier alpha value is -2.46. The number of nitrogens with zero attached hydrogens (tertiary/aromatic N) is 1. The molecule has 116 valence electrons. The monoisotopic (exact) mass is 322 g/mol. The van der Waals surface area contributed by atoms with Crippen LogP contribution in [0, 0.1) is 0 Å². The van der Waals surface area contributed by atoms with Crippen molar-refractivity contribution in [3.63, 3.8) is 0 Å². The summed E-state index contributed by atoms with van der Waals surface area (Å²) in [7, 11) is 0. The second kappa shape index (κ2) is 6.34. The number of anilines is 1. The molecule has 1 heterocycles. The van der Waals surface area contributed by atoms with E-state index in [2.05, 4.69) is 10.3 Å². The Balaban J connectivity index is 1.75. The Kier molecular flexibility index (Phi) is 4.26. The lowest BCUT2D eigenvalue weighted by atomic mass is 9.83. The van der Waals surface area contributed by atoms with E-state index in [9.17, 15) is 4.79 Å². The summed E-state index contributed by atoms with van der Waals surface area (Å²) >= 11 is 1.60. The van der Waals surface area contributed by atoms with Crippen molar-refractivity contribution in [2.75, 3.05) is 5.32 Å². The number of rotatable bonds is 4. The maximum absolute atomic E-state index is 12.6. The number of hydrogen-bond acceptors (Lipinski definition) is 3. The Morgan fingerprint density at radius 1 is 1.04 bits per heavy atom. The van der Waals surface area contributed by atoms with Crippen molar-refractivity contribution in [1.29, 1.82) is 0 Å². The lowest BCUT2D eigenvalue weighted by Gasteiger charge is -2.24. The highest BCUT2D eigenvalue weighted by molar-refractivity contribution is 7.13. The number of hydrogen-bond donors (Lipinski definition) is 1. The van der Waals surface area contributed by atoms with E-state index < -0.39 is 5.41 Å². The summed E-state index contributed by atoms with van der Waals surface area (Å²) in [5.41, 5.74) is 2.26. The van der Waals surface area contributed by atoms with E-state index in [0.717, 1.165) is 21.8 Å². The molecule has 0 aliphatic rings. The average Bonchev–Trinajstić information content (AvgIpc) is 3.11. The molecule has 3 aromatic rings. The third-order valence-corrected chi connectivity index (χ3v) is 4.71. The van der Waals surface area contributed by atoms with Crippen molar-refractivity contribution in [2.24, 2.45) is 0 Å². The molecule has 1 aromatic heterocycles. The minimum atomic E-state index is -0.588. The van der Waals surface area contributed by atoms with Gasteiger partial charge in [-0.25, -0.2) is 4.98 Å². The van der Waals surface area contributed by atoms with Gasteiger partial charge in [0.15, 0.2) is 0 Å². The van der Waals surface area contributed by atoms with Gasteiger partial charge in [-0.2, -0.15) is 0 Å². The van der Waals surface area contributed by atoms with Crippen LogP contribution in [0.4, 0.5) is 5.69 Å². The van der Waals surface area contributed by atoms with Gasteiger partial charge in [0.25, 0.3) is 0 Å². The van der Waals surface area contributed by atoms with E-state index in [4.69, 9.17) is 0 Å². The van der Waals surface area contributed by atoms with Gasteiger partial charge in [0.1, 0.15) is 5.01 Å². The van der Waals surface area contributed by atoms with Gasteiger partial charge in [0.2, 0.25) is 5.91 Å². The number of thiazole rings is 1. The molecule has 0 fully saturated rings. The highest BCUT2D eigenvalue weighted by Gasteiger charge is 2.29. The molecule has 1 N–H and O–H groups in total. The zero-order valence-electron chi connectivity index (χ0n) is 13.1. The van der Waals surface area contributed by atoms with Gasteiger partial charge in [-0.3, -0.25) is 4.79 Å².